The molecule has 0 bridgehead atoms. The van der Waals surface area contributed by atoms with Gasteiger partial charge in [-0.2, -0.15) is 4.31 Å². The van der Waals surface area contributed by atoms with Crippen LogP contribution in [0.1, 0.15) is 23.9 Å². The molecule has 0 aliphatic carbocycles. The molecule has 4 heterocycles. The van der Waals surface area contributed by atoms with Gasteiger partial charge >= 0.3 is 6.03 Å². The number of urea groups is 1. The van der Waals surface area contributed by atoms with E-state index in [1.54, 1.807) is 39.0 Å². The quantitative estimate of drug-likeness (QED) is 0.601. The molecule has 182 valence electrons. The summed E-state index contributed by atoms with van der Waals surface area (Å²) in [5.74, 6) is 0.976. The van der Waals surface area contributed by atoms with Crippen molar-refractivity contribution < 1.29 is 32.0 Å². The Balaban J connectivity index is 1.26. The van der Waals surface area contributed by atoms with Crippen LogP contribution in [0.5, 0.6) is 11.5 Å². The molecule has 0 radical (unpaired) electrons. The minimum Gasteiger partial charge on any atom is -0.454 e. The number of piperazine rings is 1. The molecule has 12 nitrogen and oxygen atoms in total. The number of benzene rings is 1. The van der Waals surface area contributed by atoms with E-state index >= 15 is 0 Å². The second-order valence-electron chi connectivity index (χ2n) is 8.67. The first kappa shape index (κ1) is 22.6. The van der Waals surface area contributed by atoms with E-state index in [0.717, 1.165) is 4.90 Å². The molecule has 13 heteroatoms. The number of imide groups is 1. The van der Waals surface area contributed by atoms with Crippen LogP contribution in [0.3, 0.4) is 0 Å². The number of nitrogens with zero attached hydrogens (tertiary/aromatic N) is 4. The number of sulfonamides is 1. The monoisotopic (exact) mass is 491 g/mol. The van der Waals surface area contributed by atoms with Crippen molar-refractivity contribution in [2.24, 2.45) is 0 Å². The number of carbonyl (C=O) groups excluding carboxylic acids is 2. The number of aromatic nitrogens is 1. The van der Waals surface area contributed by atoms with Crippen LogP contribution in [0, 0.1) is 13.8 Å². The largest absolute Gasteiger partial charge is 0.454 e. The molecule has 34 heavy (non-hydrogen) atoms. The summed E-state index contributed by atoms with van der Waals surface area (Å²) in [7, 11) is -3.74. The molecule has 1 aromatic carbocycles. The third kappa shape index (κ3) is 3.51. The third-order valence-corrected chi connectivity index (χ3v) is 8.61. The molecular weight excluding hydrogens is 466 g/mol. The second kappa shape index (κ2) is 7.96. The maximum Gasteiger partial charge on any atom is 0.326 e. The van der Waals surface area contributed by atoms with E-state index < -0.39 is 21.6 Å². The predicted molar refractivity (Wildman–Crippen MR) is 116 cm³/mol. The minimum atomic E-state index is -3.74. The van der Waals surface area contributed by atoms with Gasteiger partial charge in [0.1, 0.15) is 16.1 Å². The average molecular weight is 492 g/mol. The molecule has 5 rings (SSSR count). The van der Waals surface area contributed by atoms with Crippen molar-refractivity contribution in [3.05, 3.63) is 35.2 Å². The normalized spacial score (nSPS) is 23.6. The highest BCUT2D eigenvalue weighted by Gasteiger charge is 2.50. The van der Waals surface area contributed by atoms with Gasteiger partial charge in [-0.05, 0) is 38.5 Å². The lowest BCUT2D eigenvalue weighted by Crippen LogP contribution is -2.52. The molecule has 2 fully saturated rings. The average Bonchev–Trinajstić information content (AvgIpc) is 3.47. The van der Waals surface area contributed by atoms with E-state index in [1.807, 2.05) is 4.90 Å². The van der Waals surface area contributed by atoms with Gasteiger partial charge < -0.3 is 19.3 Å². The fourth-order valence-corrected chi connectivity index (χ4v) is 6.23. The Morgan fingerprint density at radius 1 is 1.09 bits per heavy atom. The fraction of sp³-hybridized carbons (Fsp3) is 0.476. The van der Waals surface area contributed by atoms with Gasteiger partial charge in [0.2, 0.25) is 16.8 Å². The van der Waals surface area contributed by atoms with Crippen molar-refractivity contribution in [2.45, 2.75) is 31.2 Å². The number of ether oxygens (including phenoxy) is 2. The number of hydrogen-bond acceptors (Lipinski definition) is 9. The smallest absolute Gasteiger partial charge is 0.326 e. The molecule has 0 saturated carbocycles. The van der Waals surface area contributed by atoms with Gasteiger partial charge in [0, 0.05) is 26.2 Å². The number of nitrogens with one attached hydrogen (secondary N) is 1. The SMILES string of the molecule is Cc1noc(C)c1S(=O)(=O)N1CCN(CN2C(=O)N[C@@](C)(c3ccc4c(c3)OCO4)C2=O)CC1. The Hall–Kier alpha value is -3.16. The van der Waals surface area contributed by atoms with Crippen LogP contribution in [-0.2, 0) is 20.4 Å². The summed E-state index contributed by atoms with van der Waals surface area (Å²) < 4.78 is 43.2. The molecule has 0 spiro atoms. The van der Waals surface area contributed by atoms with Crippen LogP contribution in [0.25, 0.3) is 0 Å². The van der Waals surface area contributed by atoms with Crippen LogP contribution in [-0.4, -0.2) is 79.3 Å². The van der Waals surface area contributed by atoms with Gasteiger partial charge in [-0.15, -0.1) is 0 Å². The van der Waals surface area contributed by atoms with Gasteiger partial charge in [0.05, 0.1) is 6.67 Å². The van der Waals surface area contributed by atoms with E-state index in [1.165, 1.54) is 4.31 Å². The zero-order chi connectivity index (χ0) is 24.3. The zero-order valence-electron chi connectivity index (χ0n) is 19.0. The Kier molecular flexibility index (Phi) is 5.30. The Bertz CT molecular complexity index is 1250. The first-order valence-electron chi connectivity index (χ1n) is 10.8. The van der Waals surface area contributed by atoms with Gasteiger partial charge in [-0.25, -0.2) is 18.1 Å². The van der Waals surface area contributed by atoms with E-state index in [0.29, 0.717) is 35.8 Å². The van der Waals surface area contributed by atoms with E-state index in [-0.39, 0.29) is 43.1 Å². The summed E-state index contributed by atoms with van der Waals surface area (Å²) in [5.41, 5.74) is -0.331. The summed E-state index contributed by atoms with van der Waals surface area (Å²) in [5, 5.41) is 6.52. The van der Waals surface area contributed by atoms with Crippen LogP contribution in [0.2, 0.25) is 0 Å². The molecule has 1 atom stereocenters. The Labute approximate surface area is 196 Å². The van der Waals surface area contributed by atoms with E-state index in [9.17, 15) is 18.0 Å². The lowest BCUT2D eigenvalue weighted by Gasteiger charge is -2.35. The topological polar surface area (TPSA) is 135 Å². The summed E-state index contributed by atoms with van der Waals surface area (Å²) in [6.07, 6.45) is 0. The highest BCUT2D eigenvalue weighted by molar-refractivity contribution is 7.89. The summed E-state index contributed by atoms with van der Waals surface area (Å²) in [4.78, 5) is 29.1. The van der Waals surface area contributed by atoms with Crippen LogP contribution in [0.15, 0.2) is 27.6 Å². The molecule has 2 saturated heterocycles. The standard InChI is InChI=1S/C21H25N5O7S/c1-13-18(14(2)33-23-13)34(29,30)25-8-6-24(7-9-25)11-26-19(27)21(3,22-20(26)28)15-4-5-16-17(10-15)32-12-31-16/h4-5,10H,6-9,11-12H2,1-3H3,(H,22,28)/t21-/m0/s1. The molecule has 3 aliphatic heterocycles. The van der Waals surface area contributed by atoms with Crippen molar-refractivity contribution >= 4 is 22.0 Å². The fourth-order valence-electron chi connectivity index (χ4n) is 4.51. The number of fused-ring (bicyclic) bond motifs is 1. The molecule has 1 N–H and O–H groups in total. The number of aryl methyl sites for hydroxylation is 2. The zero-order valence-corrected chi connectivity index (χ0v) is 19.8. The van der Waals surface area contributed by atoms with Crippen molar-refractivity contribution in [1.82, 2.24) is 24.6 Å². The van der Waals surface area contributed by atoms with Crippen molar-refractivity contribution in [3.63, 3.8) is 0 Å². The Morgan fingerprint density at radius 3 is 2.47 bits per heavy atom. The summed E-state index contributed by atoms with van der Waals surface area (Å²) in [6.45, 7) is 6.14. The first-order chi connectivity index (χ1) is 16.1. The van der Waals surface area contributed by atoms with Gasteiger partial charge in [0.25, 0.3) is 5.91 Å². The molecule has 3 aliphatic rings. The summed E-state index contributed by atoms with van der Waals surface area (Å²) in [6, 6.07) is 4.63. The molecule has 0 unspecified atom stereocenters. The van der Waals surface area contributed by atoms with Gasteiger partial charge in [-0.3, -0.25) is 9.69 Å². The predicted octanol–water partition coefficient (Wildman–Crippen LogP) is 0.751. The van der Waals surface area contributed by atoms with Crippen LogP contribution < -0.4 is 14.8 Å². The lowest BCUT2D eigenvalue weighted by molar-refractivity contribution is -0.132. The maximum absolute atomic E-state index is 13.3. The van der Waals surface area contributed by atoms with E-state index in [2.05, 4.69) is 10.5 Å². The molecular formula is C21H25N5O7S. The van der Waals surface area contributed by atoms with Gasteiger partial charge in [-0.1, -0.05) is 11.2 Å². The third-order valence-electron chi connectivity index (χ3n) is 6.46. The van der Waals surface area contributed by atoms with E-state index in [4.69, 9.17) is 14.0 Å². The first-order valence-corrected chi connectivity index (χ1v) is 12.2. The number of rotatable bonds is 5. The van der Waals surface area contributed by atoms with Crippen LogP contribution in [0.4, 0.5) is 4.79 Å². The van der Waals surface area contributed by atoms with Crippen molar-refractivity contribution in [3.8, 4) is 11.5 Å². The number of amides is 3. The van der Waals surface area contributed by atoms with Crippen molar-refractivity contribution in [2.75, 3.05) is 39.6 Å². The van der Waals surface area contributed by atoms with Gasteiger partial charge in [0.15, 0.2) is 17.3 Å². The lowest BCUT2D eigenvalue weighted by atomic mass is 9.92. The summed E-state index contributed by atoms with van der Waals surface area (Å²) >= 11 is 0. The molecule has 3 amide bonds. The maximum atomic E-state index is 13.3. The molecule has 1 aromatic heterocycles. The number of carbonyl (C=O) groups is 2. The highest BCUT2D eigenvalue weighted by Crippen LogP contribution is 2.38. The highest BCUT2D eigenvalue weighted by atomic mass is 32.2. The van der Waals surface area contributed by atoms with Crippen molar-refractivity contribution in [1.29, 1.82) is 0 Å². The molecule has 2 aromatic rings. The minimum absolute atomic E-state index is 0.0595. The second-order valence-corrected chi connectivity index (χ2v) is 10.5. The van der Waals surface area contributed by atoms with Crippen LogP contribution >= 0.6 is 0 Å². The Morgan fingerprint density at radius 2 is 1.79 bits per heavy atom. The number of hydrogen-bond donors (Lipinski definition) is 1.